The summed E-state index contributed by atoms with van der Waals surface area (Å²) in [5.41, 5.74) is 1.30. The number of benzene rings is 1. The minimum atomic E-state index is -3.76. The number of pyridine rings is 1. The van der Waals surface area contributed by atoms with E-state index < -0.39 is 16.1 Å². The SMILES string of the molecule is CCN([C@@H](C)c1ccc(F)cc1)S(=O)(=O)c1cn2ccccc2n1. The summed E-state index contributed by atoms with van der Waals surface area (Å²) >= 11 is 0. The van der Waals surface area contributed by atoms with E-state index in [4.69, 9.17) is 0 Å². The van der Waals surface area contributed by atoms with Crippen LogP contribution in [0.5, 0.6) is 0 Å². The van der Waals surface area contributed by atoms with Gasteiger partial charge in [0.15, 0.2) is 5.03 Å². The molecule has 1 atom stereocenters. The third-order valence-electron chi connectivity index (χ3n) is 4.01. The maximum absolute atomic E-state index is 13.1. The largest absolute Gasteiger partial charge is 0.306 e. The van der Waals surface area contributed by atoms with E-state index in [1.54, 1.807) is 48.7 Å². The minimum absolute atomic E-state index is 0.00418. The van der Waals surface area contributed by atoms with Crippen LogP contribution in [0.15, 0.2) is 59.9 Å². The summed E-state index contributed by atoms with van der Waals surface area (Å²) in [6.07, 6.45) is 3.26. The second-order valence-electron chi connectivity index (χ2n) is 5.48. The molecule has 3 rings (SSSR count). The predicted octanol–water partition coefficient (Wildman–Crippen LogP) is 3.25. The summed E-state index contributed by atoms with van der Waals surface area (Å²) in [5, 5.41) is 0.00418. The van der Waals surface area contributed by atoms with E-state index in [0.717, 1.165) is 5.56 Å². The predicted molar refractivity (Wildman–Crippen MR) is 89.6 cm³/mol. The van der Waals surface area contributed by atoms with Crippen LogP contribution in [-0.4, -0.2) is 28.7 Å². The molecule has 24 heavy (non-hydrogen) atoms. The summed E-state index contributed by atoms with van der Waals surface area (Å²) in [6.45, 7) is 3.84. The Morgan fingerprint density at radius 2 is 1.92 bits per heavy atom. The van der Waals surface area contributed by atoms with Gasteiger partial charge >= 0.3 is 0 Å². The van der Waals surface area contributed by atoms with Crippen molar-refractivity contribution in [3.63, 3.8) is 0 Å². The van der Waals surface area contributed by atoms with Crippen LogP contribution in [0.1, 0.15) is 25.5 Å². The molecule has 0 saturated carbocycles. The van der Waals surface area contributed by atoms with Crippen LogP contribution >= 0.6 is 0 Å². The van der Waals surface area contributed by atoms with E-state index >= 15 is 0 Å². The molecule has 0 spiro atoms. The monoisotopic (exact) mass is 347 g/mol. The molecule has 3 aromatic rings. The third-order valence-corrected chi connectivity index (χ3v) is 5.93. The van der Waals surface area contributed by atoms with Crippen LogP contribution in [0.25, 0.3) is 5.65 Å². The Morgan fingerprint density at radius 3 is 2.54 bits per heavy atom. The fourth-order valence-corrected chi connectivity index (χ4v) is 4.29. The van der Waals surface area contributed by atoms with Gasteiger partial charge in [-0.1, -0.05) is 25.1 Å². The van der Waals surface area contributed by atoms with Crippen molar-refractivity contribution in [2.24, 2.45) is 0 Å². The zero-order chi connectivity index (χ0) is 17.3. The Hall–Kier alpha value is -2.25. The Labute approximate surface area is 140 Å². The topological polar surface area (TPSA) is 54.7 Å². The van der Waals surface area contributed by atoms with E-state index in [2.05, 4.69) is 4.98 Å². The molecule has 2 aromatic heterocycles. The number of aromatic nitrogens is 2. The number of halogens is 1. The zero-order valence-electron chi connectivity index (χ0n) is 13.4. The smallest absolute Gasteiger partial charge is 0.262 e. The second kappa shape index (κ2) is 6.33. The van der Waals surface area contributed by atoms with Crippen LogP contribution in [0.4, 0.5) is 4.39 Å². The molecular formula is C17H18FN3O2S. The Kier molecular flexibility index (Phi) is 4.38. The van der Waals surface area contributed by atoms with Gasteiger partial charge in [0.25, 0.3) is 10.0 Å². The minimum Gasteiger partial charge on any atom is -0.306 e. The standard InChI is InChI=1S/C17H18FN3O2S/c1-3-21(13(2)14-7-9-15(18)10-8-14)24(22,23)17-12-20-11-5-4-6-16(20)19-17/h4-13H,3H2,1-2H3/t13-/m0/s1. The molecular weight excluding hydrogens is 329 g/mol. The highest BCUT2D eigenvalue weighted by molar-refractivity contribution is 7.89. The van der Waals surface area contributed by atoms with E-state index in [1.807, 2.05) is 6.07 Å². The van der Waals surface area contributed by atoms with Crippen molar-refractivity contribution in [1.82, 2.24) is 13.7 Å². The molecule has 5 nitrogen and oxygen atoms in total. The van der Waals surface area contributed by atoms with E-state index in [-0.39, 0.29) is 17.4 Å². The van der Waals surface area contributed by atoms with Crippen molar-refractivity contribution in [2.75, 3.05) is 6.54 Å². The molecule has 0 aliphatic carbocycles. The Morgan fingerprint density at radius 1 is 1.21 bits per heavy atom. The highest BCUT2D eigenvalue weighted by Gasteiger charge is 2.30. The molecule has 1 aromatic carbocycles. The van der Waals surface area contributed by atoms with Crippen molar-refractivity contribution in [2.45, 2.75) is 24.9 Å². The molecule has 0 N–H and O–H groups in total. The fraction of sp³-hybridized carbons (Fsp3) is 0.235. The fourth-order valence-electron chi connectivity index (χ4n) is 2.72. The van der Waals surface area contributed by atoms with E-state index in [0.29, 0.717) is 5.65 Å². The molecule has 0 amide bonds. The molecule has 0 unspecified atom stereocenters. The van der Waals surface area contributed by atoms with Crippen LogP contribution in [0.2, 0.25) is 0 Å². The lowest BCUT2D eigenvalue weighted by Gasteiger charge is -2.26. The first-order chi connectivity index (χ1) is 11.4. The summed E-state index contributed by atoms with van der Waals surface area (Å²) in [4.78, 5) is 4.22. The number of imidazole rings is 1. The van der Waals surface area contributed by atoms with Gasteiger partial charge in [-0.05, 0) is 36.8 Å². The summed E-state index contributed by atoms with van der Waals surface area (Å²) in [6, 6.07) is 10.8. The second-order valence-corrected chi connectivity index (χ2v) is 7.32. The normalized spacial score (nSPS) is 13.5. The van der Waals surface area contributed by atoms with Crippen molar-refractivity contribution in [3.8, 4) is 0 Å². The van der Waals surface area contributed by atoms with Crippen molar-refractivity contribution in [1.29, 1.82) is 0 Å². The highest BCUT2D eigenvalue weighted by Crippen LogP contribution is 2.27. The Bertz CT molecular complexity index is 918. The maximum Gasteiger partial charge on any atom is 0.262 e. The quantitative estimate of drug-likeness (QED) is 0.712. The molecule has 2 heterocycles. The highest BCUT2D eigenvalue weighted by atomic mass is 32.2. The average molecular weight is 347 g/mol. The summed E-state index contributed by atoms with van der Waals surface area (Å²) < 4.78 is 42.1. The van der Waals surface area contributed by atoms with Crippen LogP contribution in [0, 0.1) is 5.82 Å². The first kappa shape index (κ1) is 16.6. The lowest BCUT2D eigenvalue weighted by Crippen LogP contribution is -2.33. The molecule has 0 bridgehead atoms. The molecule has 0 radical (unpaired) electrons. The lowest BCUT2D eigenvalue weighted by molar-refractivity contribution is 0.355. The molecule has 7 heteroatoms. The summed E-state index contributed by atoms with van der Waals surface area (Å²) in [7, 11) is -3.76. The van der Waals surface area contributed by atoms with Gasteiger partial charge in [0.1, 0.15) is 11.5 Å². The van der Waals surface area contributed by atoms with E-state index in [1.165, 1.54) is 22.6 Å². The van der Waals surface area contributed by atoms with Crippen molar-refractivity contribution < 1.29 is 12.8 Å². The molecule has 126 valence electrons. The van der Waals surface area contributed by atoms with Gasteiger partial charge in [-0.15, -0.1) is 0 Å². The van der Waals surface area contributed by atoms with Gasteiger partial charge in [-0.2, -0.15) is 4.31 Å². The van der Waals surface area contributed by atoms with Crippen LogP contribution in [-0.2, 0) is 10.0 Å². The van der Waals surface area contributed by atoms with Gasteiger partial charge in [0.05, 0.1) is 0 Å². The molecule has 0 fully saturated rings. The molecule has 0 saturated heterocycles. The third kappa shape index (κ3) is 2.92. The van der Waals surface area contributed by atoms with Crippen molar-refractivity contribution >= 4 is 15.7 Å². The van der Waals surface area contributed by atoms with Crippen LogP contribution in [0.3, 0.4) is 0 Å². The van der Waals surface area contributed by atoms with Crippen molar-refractivity contribution in [3.05, 3.63) is 66.2 Å². The first-order valence-corrected chi connectivity index (χ1v) is 9.08. The Balaban J connectivity index is 2.00. The van der Waals surface area contributed by atoms with Gasteiger partial charge in [0.2, 0.25) is 0 Å². The molecule has 0 aliphatic heterocycles. The summed E-state index contributed by atoms with van der Waals surface area (Å²) in [5.74, 6) is -0.350. The number of hydrogen-bond acceptors (Lipinski definition) is 3. The number of nitrogens with zero attached hydrogens (tertiary/aromatic N) is 3. The number of fused-ring (bicyclic) bond motifs is 1. The van der Waals surface area contributed by atoms with E-state index in [9.17, 15) is 12.8 Å². The average Bonchev–Trinajstić information content (AvgIpc) is 3.01. The lowest BCUT2D eigenvalue weighted by atomic mass is 10.1. The maximum atomic E-state index is 13.1. The number of sulfonamides is 1. The number of rotatable bonds is 5. The van der Waals surface area contributed by atoms with Crippen LogP contribution < -0.4 is 0 Å². The van der Waals surface area contributed by atoms with Gasteiger partial charge < -0.3 is 4.40 Å². The van der Waals surface area contributed by atoms with Gasteiger partial charge in [-0.3, -0.25) is 0 Å². The number of hydrogen-bond donors (Lipinski definition) is 0. The first-order valence-electron chi connectivity index (χ1n) is 7.64. The van der Waals surface area contributed by atoms with Gasteiger partial charge in [0, 0.05) is 25.0 Å². The zero-order valence-corrected chi connectivity index (χ0v) is 14.2. The van der Waals surface area contributed by atoms with Gasteiger partial charge in [-0.25, -0.2) is 17.8 Å². The molecule has 0 aliphatic rings.